The first-order valence-corrected chi connectivity index (χ1v) is 11.2. The Morgan fingerprint density at radius 3 is 2.73 bits per heavy atom. The summed E-state index contributed by atoms with van der Waals surface area (Å²) in [5.74, 6) is 2.91. The summed E-state index contributed by atoms with van der Waals surface area (Å²) < 4.78 is 43.7. The van der Waals surface area contributed by atoms with Crippen molar-refractivity contribution in [3.05, 3.63) is 95.0 Å². The highest BCUT2D eigenvalue weighted by Gasteiger charge is 2.32. The molecule has 0 saturated carbocycles. The van der Waals surface area contributed by atoms with Crippen LogP contribution in [0.4, 0.5) is 18.9 Å². The zero-order valence-electron chi connectivity index (χ0n) is 19.8. The first-order chi connectivity index (χ1) is 17.7. The molecule has 1 aliphatic heterocycles. The van der Waals surface area contributed by atoms with Gasteiger partial charge in [-0.15, -0.1) is 0 Å². The second kappa shape index (κ2) is 9.31. The summed E-state index contributed by atoms with van der Waals surface area (Å²) >= 11 is 0. The number of alkyl halides is 3. The van der Waals surface area contributed by atoms with E-state index in [0.717, 1.165) is 17.8 Å². The highest BCUT2D eigenvalue weighted by molar-refractivity contribution is 6.05. The van der Waals surface area contributed by atoms with Gasteiger partial charge in [0.1, 0.15) is 18.8 Å². The quantitative estimate of drug-likeness (QED) is 0.413. The molecule has 2 aromatic heterocycles. The number of aromatic nitrogens is 5. The summed E-state index contributed by atoms with van der Waals surface area (Å²) in [6, 6.07) is 13.2. The molecule has 37 heavy (non-hydrogen) atoms. The molecule has 3 heterocycles. The smallest absolute Gasteiger partial charge is 0.322 e. The first-order valence-electron chi connectivity index (χ1n) is 11.2. The van der Waals surface area contributed by atoms with Crippen molar-refractivity contribution in [1.29, 1.82) is 0 Å². The Labute approximate surface area is 210 Å². The van der Waals surface area contributed by atoms with Gasteiger partial charge >= 0.3 is 6.18 Å². The minimum absolute atomic E-state index is 0.0210. The minimum Gasteiger partial charge on any atom is -0.322 e. The van der Waals surface area contributed by atoms with Crippen LogP contribution in [0.5, 0.6) is 0 Å². The fourth-order valence-corrected chi connectivity index (χ4v) is 3.83. The fraction of sp³-hybridized carbons (Fsp3) is 0.154. The van der Waals surface area contributed by atoms with E-state index in [0.29, 0.717) is 29.2 Å². The van der Waals surface area contributed by atoms with Crippen LogP contribution < -0.4 is 5.32 Å². The number of hydrogen-bond acceptors (Lipinski definition) is 5. The van der Waals surface area contributed by atoms with Crippen LogP contribution in [-0.2, 0) is 12.8 Å². The number of fused-ring (bicyclic) bond motifs is 1. The van der Waals surface area contributed by atoms with Gasteiger partial charge in [0, 0.05) is 35.3 Å². The number of carbonyl (C=O) groups is 1. The summed E-state index contributed by atoms with van der Waals surface area (Å²) in [6.45, 7) is 3.84. The number of aryl methyl sites for hydroxylation is 1. The minimum atomic E-state index is -4.61. The molecule has 1 N–H and O–H groups in total. The predicted molar refractivity (Wildman–Crippen MR) is 130 cm³/mol. The summed E-state index contributed by atoms with van der Waals surface area (Å²) in [5.41, 5.74) is 1.68. The maximum absolute atomic E-state index is 13.6. The third kappa shape index (κ3) is 5.08. The number of amides is 1. The lowest BCUT2D eigenvalue weighted by Gasteiger charge is -2.18. The Bertz CT molecular complexity index is 1590. The van der Waals surface area contributed by atoms with Crippen molar-refractivity contribution in [1.82, 2.24) is 29.4 Å². The highest BCUT2D eigenvalue weighted by atomic mass is 19.4. The summed E-state index contributed by atoms with van der Waals surface area (Å²) in [7, 11) is 0. The van der Waals surface area contributed by atoms with Crippen LogP contribution in [0.3, 0.4) is 0 Å². The zero-order valence-corrected chi connectivity index (χ0v) is 19.8. The van der Waals surface area contributed by atoms with Crippen LogP contribution in [0.1, 0.15) is 38.6 Å². The van der Waals surface area contributed by atoms with Crippen molar-refractivity contribution in [2.75, 3.05) is 5.32 Å². The monoisotopic (exact) mass is 503 g/mol. The van der Waals surface area contributed by atoms with Gasteiger partial charge in [-0.1, -0.05) is 6.07 Å². The van der Waals surface area contributed by atoms with Gasteiger partial charge in [-0.3, -0.25) is 9.69 Å². The van der Waals surface area contributed by atoms with Crippen LogP contribution >= 0.6 is 0 Å². The van der Waals surface area contributed by atoms with Gasteiger partial charge in [0.25, 0.3) is 5.91 Å². The Kier molecular flexibility index (Phi) is 6.01. The molecule has 186 valence electrons. The molecule has 1 amide bonds. The Balaban J connectivity index is 1.40. The molecule has 0 fully saturated rings. The van der Waals surface area contributed by atoms with Crippen molar-refractivity contribution < 1.29 is 18.0 Å². The molecule has 5 rings (SSSR count). The van der Waals surface area contributed by atoms with E-state index in [9.17, 15) is 18.0 Å². The molecule has 1 aliphatic rings. The van der Waals surface area contributed by atoms with E-state index in [1.807, 2.05) is 18.3 Å². The van der Waals surface area contributed by atoms with Gasteiger partial charge in [0.15, 0.2) is 0 Å². The van der Waals surface area contributed by atoms with Gasteiger partial charge in [0.05, 0.1) is 16.9 Å². The van der Waals surface area contributed by atoms with Crippen molar-refractivity contribution in [3.8, 4) is 17.7 Å². The first kappa shape index (κ1) is 23.9. The van der Waals surface area contributed by atoms with Crippen LogP contribution in [0.15, 0.2) is 61.2 Å². The average Bonchev–Trinajstić information content (AvgIpc) is 3.51. The van der Waals surface area contributed by atoms with E-state index in [1.165, 1.54) is 17.1 Å². The Hall–Kier alpha value is -4.85. The maximum Gasteiger partial charge on any atom is 0.416 e. The van der Waals surface area contributed by atoms with Gasteiger partial charge in [-0.05, 0) is 67.8 Å². The molecule has 0 aliphatic carbocycles. The molecule has 0 saturated heterocycles. The maximum atomic E-state index is 13.6. The predicted octanol–water partition coefficient (Wildman–Crippen LogP) is 4.60. The number of nitrogens with zero attached hydrogens (tertiary/aromatic N) is 6. The third-order valence-corrected chi connectivity index (χ3v) is 5.75. The normalized spacial score (nSPS) is 12.6. The molecule has 8 nitrogen and oxygen atoms in total. The van der Waals surface area contributed by atoms with Crippen molar-refractivity contribution in [2.45, 2.75) is 26.7 Å². The van der Waals surface area contributed by atoms with Crippen LogP contribution in [-0.4, -0.2) is 35.4 Å². The molecule has 2 aromatic carbocycles. The van der Waals surface area contributed by atoms with E-state index < -0.39 is 17.6 Å². The lowest BCUT2D eigenvalue weighted by molar-refractivity contribution is -0.137. The number of hydrogen-bond donors (Lipinski definition) is 1. The summed E-state index contributed by atoms with van der Waals surface area (Å²) in [4.78, 5) is 18.8. The molecule has 4 aromatic rings. The number of rotatable bonds is 3. The summed E-state index contributed by atoms with van der Waals surface area (Å²) in [6.07, 6.45) is 2.15. The van der Waals surface area contributed by atoms with Crippen molar-refractivity contribution >= 4 is 17.7 Å². The zero-order chi connectivity index (χ0) is 26.2. The number of nitrogens with one attached hydrogen (secondary N) is 1. The van der Waals surface area contributed by atoms with Gasteiger partial charge in [0.2, 0.25) is 0 Å². The number of anilines is 1. The average molecular weight is 503 g/mol. The highest BCUT2D eigenvalue weighted by Crippen LogP contribution is 2.33. The molecule has 0 bridgehead atoms. The topological polar surface area (TPSA) is 80.9 Å². The fourth-order valence-electron chi connectivity index (χ4n) is 3.83. The van der Waals surface area contributed by atoms with Gasteiger partial charge < -0.3 is 5.32 Å². The van der Waals surface area contributed by atoms with E-state index in [2.05, 4.69) is 32.5 Å². The second-order valence-corrected chi connectivity index (χ2v) is 8.35. The number of carbonyl (C=O) groups excluding carboxylic acids is 1. The standard InChI is InChI=1S/C26H20F3N7O/c1-17-19(7-10-34-11-8-22-6-9-31-36(22)16-34)4-3-5-24(17)25(37)32-21-12-20(26(27,28)29)13-23(14-21)35-15-30-18(2)33-35/h3-6,8-9,11-15H,16H2,1-2H3,(H,32,37). The van der Waals surface area contributed by atoms with E-state index in [-0.39, 0.29) is 11.4 Å². The molecular weight excluding hydrogens is 483 g/mol. The lowest BCUT2D eigenvalue weighted by atomic mass is 10.0. The second-order valence-electron chi connectivity index (χ2n) is 8.35. The van der Waals surface area contributed by atoms with Crippen LogP contribution in [0.2, 0.25) is 0 Å². The third-order valence-electron chi connectivity index (χ3n) is 5.75. The van der Waals surface area contributed by atoms with Crippen LogP contribution in [0.25, 0.3) is 11.8 Å². The van der Waals surface area contributed by atoms with Gasteiger partial charge in [-0.2, -0.15) is 23.4 Å². The number of halogens is 3. The molecule has 0 spiro atoms. The number of benzene rings is 2. The Morgan fingerprint density at radius 1 is 1.14 bits per heavy atom. The van der Waals surface area contributed by atoms with Crippen LogP contribution in [0, 0.1) is 25.8 Å². The van der Waals surface area contributed by atoms with E-state index in [4.69, 9.17) is 0 Å². The lowest BCUT2D eigenvalue weighted by Crippen LogP contribution is -2.21. The van der Waals surface area contributed by atoms with Crippen molar-refractivity contribution in [3.63, 3.8) is 0 Å². The largest absolute Gasteiger partial charge is 0.416 e. The molecule has 0 atom stereocenters. The SMILES string of the molecule is Cc1ncn(-c2cc(NC(=O)c3cccc(C#CN4C=Cc5ccnn5C4)c3C)cc(C(F)(F)F)c2)n1. The molecule has 0 unspecified atom stereocenters. The summed E-state index contributed by atoms with van der Waals surface area (Å²) in [5, 5.41) is 10.9. The molecule has 11 heteroatoms. The molecular formula is C26H20F3N7O. The molecule has 0 radical (unpaired) electrons. The Morgan fingerprint density at radius 2 is 1.97 bits per heavy atom. The van der Waals surface area contributed by atoms with E-state index in [1.54, 1.807) is 47.8 Å². The van der Waals surface area contributed by atoms with Crippen molar-refractivity contribution in [2.24, 2.45) is 0 Å². The van der Waals surface area contributed by atoms with E-state index >= 15 is 0 Å². The van der Waals surface area contributed by atoms with Gasteiger partial charge in [-0.25, -0.2) is 14.3 Å².